The van der Waals surface area contributed by atoms with Gasteiger partial charge in [-0.25, -0.2) is 4.79 Å². The lowest BCUT2D eigenvalue weighted by Crippen LogP contribution is -2.21. The zero-order chi connectivity index (χ0) is 21.0. The first-order valence-electron chi connectivity index (χ1n) is 8.82. The van der Waals surface area contributed by atoms with Crippen LogP contribution in [0, 0.1) is 6.92 Å². The highest BCUT2D eigenvalue weighted by molar-refractivity contribution is 6.33. The van der Waals surface area contributed by atoms with E-state index in [1.54, 1.807) is 43.3 Å². The number of hydrogen-bond acceptors (Lipinski definition) is 6. The highest BCUT2D eigenvalue weighted by atomic mass is 35.5. The van der Waals surface area contributed by atoms with Crippen LogP contribution in [0.5, 0.6) is 0 Å². The molecule has 0 saturated carbocycles. The van der Waals surface area contributed by atoms with Gasteiger partial charge in [0.1, 0.15) is 17.0 Å². The van der Waals surface area contributed by atoms with Crippen LogP contribution in [0.4, 0.5) is 11.4 Å². The van der Waals surface area contributed by atoms with Gasteiger partial charge in [0, 0.05) is 31.0 Å². The molecule has 0 bridgehead atoms. The summed E-state index contributed by atoms with van der Waals surface area (Å²) in [7, 11) is 3.85. The Morgan fingerprint density at radius 3 is 2.48 bits per heavy atom. The van der Waals surface area contributed by atoms with Gasteiger partial charge in [-0.3, -0.25) is 4.79 Å². The van der Waals surface area contributed by atoms with Gasteiger partial charge < -0.3 is 19.5 Å². The average molecular weight is 414 g/mol. The van der Waals surface area contributed by atoms with Crippen molar-refractivity contribution in [3.05, 3.63) is 64.9 Å². The third-order valence-electron chi connectivity index (χ3n) is 4.20. The summed E-state index contributed by atoms with van der Waals surface area (Å²) in [6.07, 6.45) is 0. The van der Waals surface area contributed by atoms with Crippen molar-refractivity contribution in [2.75, 3.05) is 30.9 Å². The molecule has 8 heteroatoms. The summed E-state index contributed by atoms with van der Waals surface area (Å²) < 4.78 is 10.3. The van der Waals surface area contributed by atoms with Gasteiger partial charge in [-0.05, 0) is 37.3 Å². The maximum absolute atomic E-state index is 12.6. The Morgan fingerprint density at radius 2 is 1.83 bits per heavy atom. The molecule has 1 aromatic heterocycles. The lowest BCUT2D eigenvalue weighted by Gasteiger charge is -2.13. The number of aromatic nitrogens is 1. The van der Waals surface area contributed by atoms with Crippen molar-refractivity contribution in [2.45, 2.75) is 6.92 Å². The van der Waals surface area contributed by atoms with Crippen molar-refractivity contribution in [1.29, 1.82) is 0 Å². The Labute approximate surface area is 173 Å². The van der Waals surface area contributed by atoms with Crippen LogP contribution in [0.1, 0.15) is 16.1 Å². The van der Waals surface area contributed by atoms with Crippen LogP contribution in [0.3, 0.4) is 0 Å². The molecule has 3 aromatic rings. The number of anilines is 2. The second kappa shape index (κ2) is 8.79. The number of hydrogen-bond donors (Lipinski definition) is 1. The Kier molecular flexibility index (Phi) is 6.19. The number of amides is 1. The van der Waals surface area contributed by atoms with Crippen LogP contribution in [-0.2, 0) is 9.53 Å². The van der Waals surface area contributed by atoms with E-state index in [1.807, 2.05) is 31.1 Å². The fraction of sp³-hybridized carbons (Fsp3) is 0.190. The standard InChI is InChI=1S/C21H20ClN3O4/c1-13-19(20(24-29-13)16-6-4-5-7-17(16)22)21(27)28-12-18(26)23-14-8-10-15(11-9-14)25(2)3/h4-11H,12H2,1-3H3,(H,23,26). The number of esters is 1. The summed E-state index contributed by atoms with van der Waals surface area (Å²) >= 11 is 6.19. The van der Waals surface area contributed by atoms with Gasteiger partial charge in [-0.1, -0.05) is 35.0 Å². The van der Waals surface area contributed by atoms with E-state index >= 15 is 0 Å². The summed E-state index contributed by atoms with van der Waals surface area (Å²) in [5.74, 6) is -0.884. The van der Waals surface area contributed by atoms with Gasteiger partial charge in [0.25, 0.3) is 5.91 Å². The second-order valence-corrected chi connectivity index (χ2v) is 6.92. The largest absolute Gasteiger partial charge is 0.452 e. The molecule has 29 heavy (non-hydrogen) atoms. The van der Waals surface area contributed by atoms with E-state index in [0.29, 0.717) is 16.3 Å². The smallest absolute Gasteiger partial charge is 0.344 e. The summed E-state index contributed by atoms with van der Waals surface area (Å²) in [5.41, 5.74) is 2.57. The predicted molar refractivity (Wildman–Crippen MR) is 111 cm³/mol. The van der Waals surface area contributed by atoms with Gasteiger partial charge in [-0.15, -0.1) is 0 Å². The van der Waals surface area contributed by atoms with Crippen molar-refractivity contribution in [2.24, 2.45) is 0 Å². The zero-order valence-electron chi connectivity index (χ0n) is 16.2. The highest BCUT2D eigenvalue weighted by Crippen LogP contribution is 2.31. The third-order valence-corrected chi connectivity index (χ3v) is 4.53. The second-order valence-electron chi connectivity index (χ2n) is 6.51. The highest BCUT2D eigenvalue weighted by Gasteiger charge is 2.24. The molecule has 0 saturated heterocycles. The molecule has 0 aliphatic rings. The first-order chi connectivity index (χ1) is 13.9. The van der Waals surface area contributed by atoms with E-state index in [2.05, 4.69) is 10.5 Å². The fourth-order valence-electron chi connectivity index (χ4n) is 2.69. The zero-order valence-corrected chi connectivity index (χ0v) is 17.0. The van der Waals surface area contributed by atoms with Crippen molar-refractivity contribution < 1.29 is 18.8 Å². The molecule has 7 nitrogen and oxygen atoms in total. The summed E-state index contributed by atoms with van der Waals surface area (Å²) in [6, 6.07) is 14.2. The number of rotatable bonds is 6. The Balaban J connectivity index is 1.66. The maximum Gasteiger partial charge on any atom is 0.344 e. The van der Waals surface area contributed by atoms with Crippen LogP contribution in [0.15, 0.2) is 53.1 Å². The molecule has 0 aliphatic heterocycles. The van der Waals surface area contributed by atoms with Crippen LogP contribution in [0.25, 0.3) is 11.3 Å². The Morgan fingerprint density at radius 1 is 1.14 bits per heavy atom. The number of carbonyl (C=O) groups excluding carboxylic acids is 2. The Bertz CT molecular complexity index is 1030. The number of nitrogens with one attached hydrogen (secondary N) is 1. The van der Waals surface area contributed by atoms with Crippen LogP contribution < -0.4 is 10.2 Å². The topological polar surface area (TPSA) is 84.7 Å². The van der Waals surface area contributed by atoms with Gasteiger partial charge in [-0.2, -0.15) is 0 Å². The molecule has 1 N–H and O–H groups in total. The van der Waals surface area contributed by atoms with Gasteiger partial charge >= 0.3 is 5.97 Å². The van der Waals surface area contributed by atoms with Crippen molar-refractivity contribution in [3.8, 4) is 11.3 Å². The molecular weight excluding hydrogens is 394 g/mol. The Hall–Kier alpha value is -3.32. The molecule has 1 heterocycles. The minimum absolute atomic E-state index is 0.140. The first-order valence-corrected chi connectivity index (χ1v) is 9.20. The molecule has 150 valence electrons. The molecule has 0 atom stereocenters. The normalized spacial score (nSPS) is 10.5. The van der Waals surface area contributed by atoms with Crippen LogP contribution >= 0.6 is 11.6 Å². The summed E-state index contributed by atoms with van der Waals surface area (Å²) in [4.78, 5) is 26.6. The molecule has 2 aromatic carbocycles. The number of benzene rings is 2. The fourth-order valence-corrected chi connectivity index (χ4v) is 2.92. The lowest BCUT2D eigenvalue weighted by atomic mass is 10.1. The van der Waals surface area contributed by atoms with Crippen molar-refractivity contribution in [3.63, 3.8) is 0 Å². The van der Waals surface area contributed by atoms with E-state index in [9.17, 15) is 9.59 Å². The molecule has 0 spiro atoms. The summed E-state index contributed by atoms with van der Waals surface area (Å²) in [5, 5.41) is 7.03. The number of carbonyl (C=O) groups is 2. The van der Waals surface area contributed by atoms with Gasteiger partial charge in [0.2, 0.25) is 0 Å². The van der Waals surface area contributed by atoms with Crippen molar-refractivity contribution >= 4 is 34.9 Å². The molecule has 3 rings (SSSR count). The molecule has 0 unspecified atom stereocenters. The quantitative estimate of drug-likeness (QED) is 0.610. The number of ether oxygens (including phenoxy) is 1. The monoisotopic (exact) mass is 413 g/mol. The number of aryl methyl sites for hydroxylation is 1. The van der Waals surface area contributed by atoms with Gasteiger partial charge in [0.15, 0.2) is 6.61 Å². The van der Waals surface area contributed by atoms with Crippen molar-refractivity contribution in [1.82, 2.24) is 5.16 Å². The predicted octanol–water partition coefficient (Wildman–Crippen LogP) is 4.16. The minimum Gasteiger partial charge on any atom is -0.452 e. The summed E-state index contributed by atoms with van der Waals surface area (Å²) in [6.45, 7) is 1.15. The molecule has 1 amide bonds. The number of nitrogens with zero attached hydrogens (tertiary/aromatic N) is 2. The minimum atomic E-state index is -0.711. The lowest BCUT2D eigenvalue weighted by molar-refractivity contribution is -0.119. The maximum atomic E-state index is 12.6. The molecular formula is C21H20ClN3O4. The SMILES string of the molecule is Cc1onc(-c2ccccc2Cl)c1C(=O)OCC(=O)Nc1ccc(N(C)C)cc1. The van der Waals surface area contributed by atoms with E-state index in [4.69, 9.17) is 20.9 Å². The van der Waals surface area contributed by atoms with E-state index in [0.717, 1.165) is 5.69 Å². The third kappa shape index (κ3) is 4.75. The number of halogens is 1. The van der Waals surface area contributed by atoms with E-state index in [-0.39, 0.29) is 17.0 Å². The average Bonchev–Trinajstić information content (AvgIpc) is 3.08. The molecule has 0 fully saturated rings. The van der Waals surface area contributed by atoms with Crippen LogP contribution in [0.2, 0.25) is 5.02 Å². The molecule has 0 aliphatic carbocycles. The first kappa shape index (κ1) is 20.4. The van der Waals surface area contributed by atoms with Gasteiger partial charge in [0.05, 0.1) is 5.02 Å². The van der Waals surface area contributed by atoms with Crippen LogP contribution in [-0.4, -0.2) is 37.7 Å². The van der Waals surface area contributed by atoms with E-state index in [1.165, 1.54) is 0 Å². The molecule has 0 radical (unpaired) electrons. The van der Waals surface area contributed by atoms with E-state index < -0.39 is 18.5 Å².